The molecule has 19 heavy (non-hydrogen) atoms. The number of ketones is 1. The summed E-state index contributed by atoms with van der Waals surface area (Å²) >= 11 is 5.93. The van der Waals surface area contributed by atoms with Gasteiger partial charge >= 0.3 is 0 Å². The monoisotopic (exact) mass is 283 g/mol. The lowest BCUT2D eigenvalue weighted by Gasteiger charge is -2.37. The van der Waals surface area contributed by atoms with Gasteiger partial charge in [-0.15, -0.1) is 11.6 Å². The summed E-state index contributed by atoms with van der Waals surface area (Å²) < 4.78 is 7.88. The van der Waals surface area contributed by atoms with Crippen LogP contribution in [0.5, 0.6) is 0 Å². The summed E-state index contributed by atoms with van der Waals surface area (Å²) in [7, 11) is 0. The Balaban J connectivity index is 2.44. The molecule has 2 unspecified atom stereocenters. The lowest BCUT2D eigenvalue weighted by atomic mass is 9.93. The largest absolute Gasteiger partial charge is 0.379 e. The summed E-state index contributed by atoms with van der Waals surface area (Å²) in [5, 5.41) is -0.482. The average Bonchev–Trinajstić information content (AvgIpc) is 2.65. The first-order valence-electron chi connectivity index (χ1n) is 6.82. The molecule has 1 fully saturated rings. The standard InChI is InChI=1S/C15H22ClNO2/c1-10-8-13(14(18)11(2)16)12(3)17(10)15(4)6-5-7-19-9-15/h8,11H,5-7,9H2,1-4H3. The number of hydrogen-bond acceptors (Lipinski definition) is 2. The van der Waals surface area contributed by atoms with Crippen molar-refractivity contribution in [3.8, 4) is 0 Å². The molecule has 2 heterocycles. The van der Waals surface area contributed by atoms with Gasteiger partial charge in [-0.3, -0.25) is 4.79 Å². The Labute approximate surface area is 119 Å². The molecule has 2 rings (SSSR count). The highest BCUT2D eigenvalue weighted by molar-refractivity contribution is 6.33. The maximum Gasteiger partial charge on any atom is 0.182 e. The van der Waals surface area contributed by atoms with Crippen LogP contribution in [0.1, 0.15) is 48.4 Å². The zero-order chi connectivity index (χ0) is 14.2. The molecule has 0 spiro atoms. The van der Waals surface area contributed by atoms with Gasteiger partial charge in [0.2, 0.25) is 0 Å². The van der Waals surface area contributed by atoms with Gasteiger partial charge in [-0.25, -0.2) is 0 Å². The second-order valence-corrected chi connectivity index (χ2v) is 6.41. The van der Waals surface area contributed by atoms with E-state index in [1.54, 1.807) is 6.92 Å². The van der Waals surface area contributed by atoms with Crippen LogP contribution >= 0.6 is 11.6 Å². The zero-order valence-corrected chi connectivity index (χ0v) is 12.9. The van der Waals surface area contributed by atoms with Crippen LogP contribution in [0.4, 0.5) is 0 Å². The third-order valence-electron chi connectivity index (χ3n) is 4.01. The number of aryl methyl sites for hydroxylation is 1. The Kier molecular flexibility index (Phi) is 4.07. The number of halogens is 1. The van der Waals surface area contributed by atoms with Crippen molar-refractivity contribution >= 4 is 17.4 Å². The van der Waals surface area contributed by atoms with Crippen LogP contribution in [0, 0.1) is 13.8 Å². The van der Waals surface area contributed by atoms with Gasteiger partial charge in [0.05, 0.1) is 17.5 Å². The number of carbonyl (C=O) groups is 1. The van der Waals surface area contributed by atoms with Gasteiger partial charge in [0.15, 0.2) is 5.78 Å². The fraction of sp³-hybridized carbons (Fsp3) is 0.667. The van der Waals surface area contributed by atoms with Gasteiger partial charge in [0.25, 0.3) is 0 Å². The molecular weight excluding hydrogens is 262 g/mol. The lowest BCUT2D eigenvalue weighted by Crippen LogP contribution is -2.40. The van der Waals surface area contributed by atoms with E-state index in [0.29, 0.717) is 6.61 Å². The first-order valence-corrected chi connectivity index (χ1v) is 7.26. The fourth-order valence-electron chi connectivity index (χ4n) is 3.15. The number of Topliss-reactive ketones (excluding diaryl/α,β-unsaturated/α-hetero) is 1. The molecule has 0 N–H and O–H groups in total. The Morgan fingerprint density at radius 1 is 1.53 bits per heavy atom. The van der Waals surface area contributed by atoms with Gasteiger partial charge in [-0.2, -0.15) is 0 Å². The summed E-state index contributed by atoms with van der Waals surface area (Å²) in [6.07, 6.45) is 2.14. The minimum atomic E-state index is -0.482. The number of alkyl halides is 1. The molecule has 1 aromatic rings. The van der Waals surface area contributed by atoms with E-state index >= 15 is 0 Å². The number of hydrogen-bond donors (Lipinski definition) is 0. The second kappa shape index (κ2) is 5.29. The number of rotatable bonds is 3. The third kappa shape index (κ3) is 2.59. The molecule has 4 heteroatoms. The summed E-state index contributed by atoms with van der Waals surface area (Å²) in [6, 6.07) is 1.95. The molecule has 1 aliphatic heterocycles. The molecule has 0 aliphatic carbocycles. The quantitative estimate of drug-likeness (QED) is 0.628. The van der Waals surface area contributed by atoms with Crippen LogP contribution in [0.2, 0.25) is 0 Å². The van der Waals surface area contributed by atoms with E-state index in [9.17, 15) is 4.79 Å². The van der Waals surface area contributed by atoms with Crippen molar-refractivity contribution in [3.63, 3.8) is 0 Å². The number of aromatic nitrogens is 1. The Morgan fingerprint density at radius 2 is 2.21 bits per heavy atom. The van der Waals surface area contributed by atoms with Crippen molar-refractivity contribution in [2.75, 3.05) is 13.2 Å². The molecule has 2 atom stereocenters. The SMILES string of the molecule is Cc1cc(C(=O)C(C)Cl)c(C)n1C1(C)CCCOC1. The maximum absolute atomic E-state index is 12.1. The minimum absolute atomic E-state index is 0.00124. The van der Waals surface area contributed by atoms with E-state index in [1.165, 1.54) is 0 Å². The van der Waals surface area contributed by atoms with Gasteiger partial charge in [0.1, 0.15) is 0 Å². The van der Waals surface area contributed by atoms with Crippen LogP contribution in [-0.2, 0) is 10.3 Å². The van der Waals surface area contributed by atoms with Crippen LogP contribution in [0.15, 0.2) is 6.07 Å². The number of ether oxygens (including phenoxy) is 1. The molecule has 0 saturated carbocycles. The second-order valence-electron chi connectivity index (χ2n) is 5.75. The number of nitrogens with zero attached hydrogens (tertiary/aromatic N) is 1. The first-order chi connectivity index (χ1) is 8.87. The molecule has 106 valence electrons. The molecule has 0 amide bonds. The maximum atomic E-state index is 12.1. The van der Waals surface area contributed by atoms with Crippen molar-refractivity contribution in [3.05, 3.63) is 23.0 Å². The minimum Gasteiger partial charge on any atom is -0.379 e. The fourth-order valence-corrected chi connectivity index (χ4v) is 3.27. The molecule has 3 nitrogen and oxygen atoms in total. The van der Waals surface area contributed by atoms with Crippen LogP contribution in [-0.4, -0.2) is 28.9 Å². The molecule has 1 aliphatic rings. The van der Waals surface area contributed by atoms with Crippen LogP contribution in [0.25, 0.3) is 0 Å². The normalized spacial score (nSPS) is 25.3. The average molecular weight is 284 g/mol. The molecule has 1 aromatic heterocycles. The van der Waals surface area contributed by atoms with Gasteiger partial charge in [0, 0.05) is 23.6 Å². The third-order valence-corrected chi connectivity index (χ3v) is 4.21. The summed E-state index contributed by atoms with van der Waals surface area (Å²) in [4.78, 5) is 12.1. The van der Waals surface area contributed by atoms with Crippen molar-refractivity contribution < 1.29 is 9.53 Å². The van der Waals surface area contributed by atoms with E-state index < -0.39 is 5.38 Å². The van der Waals surface area contributed by atoms with E-state index in [0.717, 1.165) is 36.4 Å². The van der Waals surface area contributed by atoms with Gasteiger partial charge in [-0.05, 0) is 46.6 Å². The lowest BCUT2D eigenvalue weighted by molar-refractivity contribution is 0.00792. The van der Waals surface area contributed by atoms with Crippen molar-refractivity contribution in [2.45, 2.75) is 51.5 Å². The Bertz CT molecular complexity index is 485. The van der Waals surface area contributed by atoms with E-state index in [1.807, 2.05) is 19.9 Å². The molecule has 0 radical (unpaired) electrons. The van der Waals surface area contributed by atoms with E-state index in [2.05, 4.69) is 11.5 Å². The highest BCUT2D eigenvalue weighted by atomic mass is 35.5. The van der Waals surface area contributed by atoms with E-state index in [4.69, 9.17) is 16.3 Å². The van der Waals surface area contributed by atoms with Crippen molar-refractivity contribution in [2.24, 2.45) is 0 Å². The molecule has 0 aromatic carbocycles. The van der Waals surface area contributed by atoms with Crippen LogP contribution < -0.4 is 0 Å². The number of carbonyl (C=O) groups excluding carboxylic acids is 1. The molecule has 0 bridgehead atoms. The highest BCUT2D eigenvalue weighted by Crippen LogP contribution is 2.32. The van der Waals surface area contributed by atoms with Crippen molar-refractivity contribution in [1.82, 2.24) is 4.57 Å². The summed E-state index contributed by atoms with van der Waals surface area (Å²) in [5.74, 6) is 0.00124. The molecular formula is C15H22ClNO2. The topological polar surface area (TPSA) is 31.2 Å². The predicted molar refractivity (Wildman–Crippen MR) is 77.3 cm³/mol. The summed E-state index contributed by atoms with van der Waals surface area (Å²) in [6.45, 7) is 9.50. The van der Waals surface area contributed by atoms with Gasteiger partial charge < -0.3 is 9.30 Å². The van der Waals surface area contributed by atoms with Gasteiger partial charge in [-0.1, -0.05) is 0 Å². The zero-order valence-electron chi connectivity index (χ0n) is 12.1. The van der Waals surface area contributed by atoms with Crippen LogP contribution in [0.3, 0.4) is 0 Å². The smallest absolute Gasteiger partial charge is 0.182 e. The van der Waals surface area contributed by atoms with Crippen molar-refractivity contribution in [1.29, 1.82) is 0 Å². The summed E-state index contributed by atoms with van der Waals surface area (Å²) in [5.41, 5.74) is 2.79. The Hall–Kier alpha value is -0.800. The highest BCUT2D eigenvalue weighted by Gasteiger charge is 2.33. The molecule has 1 saturated heterocycles. The van der Waals surface area contributed by atoms with E-state index in [-0.39, 0.29) is 11.3 Å². The first kappa shape index (κ1) is 14.6. The Morgan fingerprint density at radius 3 is 2.74 bits per heavy atom. The predicted octanol–water partition coefficient (Wildman–Crippen LogP) is 3.44.